The number of furan rings is 1. The predicted molar refractivity (Wildman–Crippen MR) is 104 cm³/mol. The summed E-state index contributed by atoms with van der Waals surface area (Å²) in [7, 11) is 0. The first kappa shape index (κ1) is 19.4. The molecule has 0 amide bonds. The summed E-state index contributed by atoms with van der Waals surface area (Å²) < 4.78 is 22.7. The number of carbonyl (C=O) groups excluding carboxylic acids is 1. The van der Waals surface area contributed by atoms with Crippen LogP contribution in [0.4, 0.5) is 0 Å². The Balaban J connectivity index is 1.50. The zero-order valence-electron chi connectivity index (χ0n) is 15.7. The van der Waals surface area contributed by atoms with E-state index >= 15 is 0 Å². The third-order valence-corrected chi connectivity index (χ3v) is 4.80. The molecule has 0 aliphatic carbocycles. The first-order valence-electron chi connectivity index (χ1n) is 9.45. The number of hydrogen-bond donors (Lipinski definition) is 1. The van der Waals surface area contributed by atoms with Gasteiger partial charge in [-0.05, 0) is 23.3 Å². The fourth-order valence-electron chi connectivity index (χ4n) is 3.30. The van der Waals surface area contributed by atoms with Crippen LogP contribution in [0.2, 0.25) is 0 Å². The van der Waals surface area contributed by atoms with Crippen molar-refractivity contribution >= 4 is 5.97 Å². The van der Waals surface area contributed by atoms with E-state index in [1.165, 1.54) is 6.26 Å². The molecule has 0 spiro atoms. The molecule has 1 N–H and O–H groups in total. The summed E-state index contributed by atoms with van der Waals surface area (Å²) in [6.07, 6.45) is -2.56. The molecule has 1 aliphatic heterocycles. The summed E-state index contributed by atoms with van der Waals surface area (Å²) in [4.78, 5) is 12.5. The standard InChI is InChI=1S/C23H22O6/c24-19-21(27-14-16-8-3-1-4-9-16)20(18-12-7-13-26-18)29-23(25)22(19)28-15-17-10-5-2-6-11-17/h1-13,19-22,24H,14-15H2/t19-,20+,21+,22+/m0/s1. The van der Waals surface area contributed by atoms with Gasteiger partial charge in [0.25, 0.3) is 0 Å². The smallest absolute Gasteiger partial charge is 0.338 e. The molecule has 6 heteroatoms. The van der Waals surface area contributed by atoms with Gasteiger partial charge in [0.1, 0.15) is 18.0 Å². The van der Waals surface area contributed by atoms with E-state index in [0.29, 0.717) is 5.76 Å². The molecule has 6 nitrogen and oxygen atoms in total. The van der Waals surface area contributed by atoms with Crippen LogP contribution in [0.3, 0.4) is 0 Å². The SMILES string of the molecule is O=C1O[C@H](c2ccco2)[C@H](OCc2ccccc2)[C@H](O)[C@H]1OCc1ccccc1. The van der Waals surface area contributed by atoms with E-state index < -0.39 is 30.4 Å². The maximum atomic E-state index is 12.5. The van der Waals surface area contributed by atoms with Gasteiger partial charge in [-0.1, -0.05) is 60.7 Å². The molecular weight excluding hydrogens is 372 g/mol. The Kier molecular flexibility index (Phi) is 6.05. The Bertz CT molecular complexity index is 894. The molecule has 0 unspecified atom stereocenters. The van der Waals surface area contributed by atoms with E-state index in [1.54, 1.807) is 12.1 Å². The van der Waals surface area contributed by atoms with E-state index in [1.807, 2.05) is 60.7 Å². The van der Waals surface area contributed by atoms with E-state index in [-0.39, 0.29) is 13.2 Å². The molecule has 3 aromatic rings. The van der Waals surface area contributed by atoms with Gasteiger partial charge in [0.15, 0.2) is 12.2 Å². The first-order valence-corrected chi connectivity index (χ1v) is 9.45. The zero-order chi connectivity index (χ0) is 20.1. The minimum atomic E-state index is -1.21. The van der Waals surface area contributed by atoms with Crippen molar-refractivity contribution in [2.75, 3.05) is 0 Å². The second-order valence-corrected chi connectivity index (χ2v) is 6.84. The average molecular weight is 394 g/mol. The molecule has 1 aromatic heterocycles. The second-order valence-electron chi connectivity index (χ2n) is 6.84. The minimum Gasteiger partial charge on any atom is -0.465 e. The number of hydrogen-bond acceptors (Lipinski definition) is 6. The Morgan fingerprint density at radius 1 is 0.828 bits per heavy atom. The van der Waals surface area contributed by atoms with Crippen molar-refractivity contribution in [2.24, 2.45) is 0 Å². The van der Waals surface area contributed by atoms with Crippen molar-refractivity contribution in [2.45, 2.75) is 37.6 Å². The predicted octanol–water partition coefficient (Wildman–Crippen LogP) is 3.41. The number of rotatable bonds is 7. The highest BCUT2D eigenvalue weighted by atomic mass is 16.6. The lowest BCUT2D eigenvalue weighted by molar-refractivity contribution is -0.225. The number of carbonyl (C=O) groups is 1. The number of aliphatic hydroxyl groups excluding tert-OH is 1. The first-order chi connectivity index (χ1) is 14.2. The fourth-order valence-corrected chi connectivity index (χ4v) is 3.30. The molecule has 1 saturated heterocycles. The Morgan fingerprint density at radius 3 is 2.03 bits per heavy atom. The number of ether oxygens (including phenoxy) is 3. The van der Waals surface area contributed by atoms with Crippen molar-refractivity contribution in [3.63, 3.8) is 0 Å². The Labute approximate surface area is 168 Å². The lowest BCUT2D eigenvalue weighted by Crippen LogP contribution is -2.54. The van der Waals surface area contributed by atoms with E-state index in [9.17, 15) is 9.90 Å². The fraction of sp³-hybridized carbons (Fsp3) is 0.261. The summed E-state index contributed by atoms with van der Waals surface area (Å²) in [5.74, 6) is -0.230. The van der Waals surface area contributed by atoms with Gasteiger partial charge in [-0.2, -0.15) is 0 Å². The van der Waals surface area contributed by atoms with Crippen LogP contribution in [0.15, 0.2) is 83.5 Å². The van der Waals surface area contributed by atoms with Crippen molar-refractivity contribution in [1.82, 2.24) is 0 Å². The second kappa shape index (κ2) is 9.05. The third-order valence-electron chi connectivity index (χ3n) is 4.80. The van der Waals surface area contributed by atoms with Crippen LogP contribution >= 0.6 is 0 Å². The van der Waals surface area contributed by atoms with Crippen LogP contribution in [-0.4, -0.2) is 29.4 Å². The van der Waals surface area contributed by atoms with Gasteiger partial charge in [-0.15, -0.1) is 0 Å². The summed E-state index contributed by atoms with van der Waals surface area (Å²) in [5, 5.41) is 10.9. The monoisotopic (exact) mass is 394 g/mol. The number of cyclic esters (lactones) is 1. The highest BCUT2D eigenvalue weighted by Crippen LogP contribution is 2.34. The Morgan fingerprint density at radius 2 is 1.45 bits per heavy atom. The third kappa shape index (κ3) is 4.56. The van der Waals surface area contributed by atoms with E-state index in [2.05, 4.69) is 0 Å². The number of aliphatic hydroxyl groups is 1. The maximum absolute atomic E-state index is 12.5. The molecule has 0 saturated carbocycles. The van der Waals surface area contributed by atoms with Crippen molar-refractivity contribution in [1.29, 1.82) is 0 Å². The lowest BCUT2D eigenvalue weighted by Gasteiger charge is -2.38. The molecule has 150 valence electrons. The van der Waals surface area contributed by atoms with Crippen LogP contribution in [0.25, 0.3) is 0 Å². The summed E-state index contributed by atoms with van der Waals surface area (Å²) in [6, 6.07) is 22.4. The van der Waals surface area contributed by atoms with Crippen LogP contribution < -0.4 is 0 Å². The van der Waals surface area contributed by atoms with Crippen molar-refractivity contribution in [3.05, 3.63) is 95.9 Å². The zero-order valence-corrected chi connectivity index (χ0v) is 15.7. The van der Waals surface area contributed by atoms with E-state index in [4.69, 9.17) is 18.6 Å². The largest absolute Gasteiger partial charge is 0.465 e. The highest BCUT2D eigenvalue weighted by Gasteiger charge is 2.48. The molecule has 2 heterocycles. The van der Waals surface area contributed by atoms with Crippen molar-refractivity contribution < 1.29 is 28.5 Å². The van der Waals surface area contributed by atoms with Crippen LogP contribution in [0.5, 0.6) is 0 Å². The van der Waals surface area contributed by atoms with Gasteiger partial charge in [-0.3, -0.25) is 0 Å². The van der Waals surface area contributed by atoms with Gasteiger partial charge < -0.3 is 23.7 Å². The summed E-state index contributed by atoms with van der Waals surface area (Å²) in [5.41, 5.74) is 1.83. The minimum absolute atomic E-state index is 0.175. The van der Waals surface area contributed by atoms with Crippen LogP contribution in [0.1, 0.15) is 23.0 Å². The van der Waals surface area contributed by atoms with Gasteiger partial charge in [-0.25, -0.2) is 4.79 Å². The molecule has 1 fully saturated rings. The number of benzene rings is 2. The van der Waals surface area contributed by atoms with Crippen LogP contribution in [-0.2, 0) is 32.2 Å². The van der Waals surface area contributed by atoms with Crippen molar-refractivity contribution in [3.8, 4) is 0 Å². The van der Waals surface area contributed by atoms with E-state index in [0.717, 1.165) is 11.1 Å². The van der Waals surface area contributed by atoms with Gasteiger partial charge >= 0.3 is 5.97 Å². The number of esters is 1. The molecule has 4 atom stereocenters. The molecule has 0 radical (unpaired) electrons. The maximum Gasteiger partial charge on any atom is 0.338 e. The lowest BCUT2D eigenvalue weighted by atomic mass is 9.97. The summed E-state index contributed by atoms with van der Waals surface area (Å²) >= 11 is 0. The highest BCUT2D eigenvalue weighted by molar-refractivity contribution is 5.77. The normalized spacial score (nSPS) is 24.2. The Hall–Kier alpha value is -2.93. The van der Waals surface area contributed by atoms with Crippen LogP contribution in [0, 0.1) is 0 Å². The summed E-state index contributed by atoms with van der Waals surface area (Å²) in [6.45, 7) is 0.428. The molecular formula is C23H22O6. The van der Waals surface area contributed by atoms with Gasteiger partial charge in [0.2, 0.25) is 0 Å². The quantitative estimate of drug-likeness (QED) is 0.619. The molecule has 4 rings (SSSR count). The molecule has 29 heavy (non-hydrogen) atoms. The molecule has 2 aromatic carbocycles. The molecule has 1 aliphatic rings. The topological polar surface area (TPSA) is 78.1 Å². The van der Waals surface area contributed by atoms with Gasteiger partial charge in [0, 0.05) is 0 Å². The average Bonchev–Trinajstić information content (AvgIpc) is 3.29. The molecule has 0 bridgehead atoms. The van der Waals surface area contributed by atoms with Gasteiger partial charge in [0.05, 0.1) is 19.5 Å².